The Kier molecular flexibility index (Phi) is 12.7. The quantitative estimate of drug-likeness (QED) is 0.106. The van der Waals surface area contributed by atoms with E-state index in [2.05, 4.69) is 49.9 Å². The molecule has 4 N–H and O–H groups in total. The van der Waals surface area contributed by atoms with Crippen molar-refractivity contribution in [2.24, 2.45) is 5.92 Å². The SMILES string of the molecule is COCCOc1cc(-c2cnc([C@@H]3CCCN3C(=O)[C@@H](NC(=O)OC)C(C)C)[nH]2)c(OCCOC)cc1-c1ccc(-c2cnc([C@@H]3CCCN3)[nH]2)cc1. The topological polar surface area (TPSA) is 165 Å². The number of nitrogens with zero attached hydrogens (tertiary/aromatic N) is 3. The molecule has 0 radical (unpaired) electrons. The van der Waals surface area contributed by atoms with Crippen molar-refractivity contribution in [3.63, 3.8) is 0 Å². The van der Waals surface area contributed by atoms with Crippen LogP contribution in [0.5, 0.6) is 11.5 Å². The second-order valence-corrected chi connectivity index (χ2v) is 13.7. The predicted molar refractivity (Wildman–Crippen MR) is 200 cm³/mol. The first kappa shape index (κ1) is 37.8. The van der Waals surface area contributed by atoms with E-state index in [4.69, 9.17) is 28.7 Å². The number of aromatic amines is 2. The lowest BCUT2D eigenvalue weighted by atomic mass is 9.99. The summed E-state index contributed by atoms with van der Waals surface area (Å²) < 4.78 is 28.1. The van der Waals surface area contributed by atoms with Gasteiger partial charge >= 0.3 is 6.09 Å². The molecule has 3 atom stereocenters. The van der Waals surface area contributed by atoms with Crippen LogP contribution in [0.25, 0.3) is 33.6 Å². The summed E-state index contributed by atoms with van der Waals surface area (Å²) >= 11 is 0. The Balaban J connectivity index is 1.31. The fourth-order valence-electron chi connectivity index (χ4n) is 6.95. The molecular formula is C39H51N7O7. The van der Waals surface area contributed by atoms with E-state index in [0.29, 0.717) is 56.0 Å². The van der Waals surface area contributed by atoms with Gasteiger partial charge in [0, 0.05) is 31.9 Å². The zero-order valence-corrected chi connectivity index (χ0v) is 31.2. The second kappa shape index (κ2) is 17.7. The highest BCUT2D eigenvalue weighted by atomic mass is 16.5. The van der Waals surface area contributed by atoms with Gasteiger partial charge in [-0.3, -0.25) is 4.79 Å². The third kappa shape index (κ3) is 8.83. The molecule has 2 aromatic heterocycles. The van der Waals surface area contributed by atoms with Crippen LogP contribution >= 0.6 is 0 Å². The Morgan fingerprint density at radius 3 is 2.13 bits per heavy atom. The number of alkyl carbamates (subject to hydrolysis) is 1. The number of likely N-dealkylation sites (tertiary alicyclic amines) is 1. The average molecular weight is 730 g/mol. The van der Waals surface area contributed by atoms with Crippen LogP contribution < -0.4 is 20.1 Å². The fraction of sp³-hybridized carbons (Fsp3) is 0.487. The van der Waals surface area contributed by atoms with Crippen LogP contribution in [-0.4, -0.2) is 104 Å². The molecule has 53 heavy (non-hydrogen) atoms. The summed E-state index contributed by atoms with van der Waals surface area (Å²) in [6.45, 7) is 6.86. The van der Waals surface area contributed by atoms with Gasteiger partial charge in [0.1, 0.15) is 42.4 Å². The lowest BCUT2D eigenvalue weighted by Gasteiger charge is -2.30. The normalized spacial score (nSPS) is 17.7. The average Bonchev–Trinajstić information content (AvgIpc) is 4.01. The van der Waals surface area contributed by atoms with Crippen LogP contribution in [0.1, 0.15) is 63.3 Å². The number of benzene rings is 2. The molecule has 14 nitrogen and oxygen atoms in total. The molecule has 2 saturated heterocycles. The van der Waals surface area contributed by atoms with Crippen LogP contribution in [-0.2, 0) is 19.0 Å². The molecule has 2 aliphatic heterocycles. The highest BCUT2D eigenvalue weighted by Gasteiger charge is 2.37. The molecule has 6 rings (SSSR count). The van der Waals surface area contributed by atoms with E-state index in [0.717, 1.165) is 66.0 Å². The molecular weight excluding hydrogens is 678 g/mol. The maximum atomic E-state index is 13.7. The molecule has 2 aromatic carbocycles. The number of ether oxygens (including phenoxy) is 5. The lowest BCUT2D eigenvalue weighted by molar-refractivity contribution is -0.135. The first-order valence-electron chi connectivity index (χ1n) is 18.3. The summed E-state index contributed by atoms with van der Waals surface area (Å²) in [7, 11) is 4.57. The maximum Gasteiger partial charge on any atom is 0.407 e. The Bertz CT molecular complexity index is 1820. The van der Waals surface area contributed by atoms with Crippen molar-refractivity contribution in [3.05, 3.63) is 60.4 Å². The molecule has 4 aromatic rings. The Hall–Kier alpha value is -4.92. The number of hydrogen-bond acceptors (Lipinski definition) is 10. The zero-order valence-electron chi connectivity index (χ0n) is 31.2. The summed E-state index contributed by atoms with van der Waals surface area (Å²) in [5, 5.41) is 6.20. The number of methoxy groups -OCH3 is 3. The molecule has 2 aliphatic rings. The number of H-pyrrole nitrogens is 2. The zero-order chi connectivity index (χ0) is 37.3. The first-order chi connectivity index (χ1) is 25.8. The van der Waals surface area contributed by atoms with E-state index in [1.165, 1.54) is 7.11 Å². The molecule has 4 heterocycles. The molecule has 0 saturated carbocycles. The Morgan fingerprint density at radius 1 is 0.830 bits per heavy atom. The number of carbonyl (C=O) groups is 2. The molecule has 0 aliphatic carbocycles. The molecule has 0 unspecified atom stereocenters. The van der Waals surface area contributed by atoms with Crippen molar-refractivity contribution >= 4 is 12.0 Å². The maximum absolute atomic E-state index is 13.7. The minimum Gasteiger partial charge on any atom is -0.491 e. The van der Waals surface area contributed by atoms with Gasteiger partial charge in [0.15, 0.2) is 0 Å². The van der Waals surface area contributed by atoms with Gasteiger partial charge in [-0.05, 0) is 61.4 Å². The molecule has 14 heteroatoms. The van der Waals surface area contributed by atoms with Gasteiger partial charge in [0.2, 0.25) is 5.91 Å². The van der Waals surface area contributed by atoms with Crippen molar-refractivity contribution < 1.29 is 33.3 Å². The number of amides is 2. The number of hydrogen-bond donors (Lipinski definition) is 4. The van der Waals surface area contributed by atoms with E-state index in [9.17, 15) is 9.59 Å². The second-order valence-electron chi connectivity index (χ2n) is 13.7. The Labute approximate surface area is 310 Å². The summed E-state index contributed by atoms with van der Waals surface area (Å²) in [4.78, 5) is 44.0. The largest absolute Gasteiger partial charge is 0.491 e. The van der Waals surface area contributed by atoms with Gasteiger partial charge in [-0.1, -0.05) is 38.1 Å². The van der Waals surface area contributed by atoms with Gasteiger partial charge in [-0.25, -0.2) is 14.8 Å². The molecule has 0 spiro atoms. The van der Waals surface area contributed by atoms with Crippen LogP contribution in [0.4, 0.5) is 4.79 Å². The van der Waals surface area contributed by atoms with Gasteiger partial charge in [0.25, 0.3) is 0 Å². The third-order valence-corrected chi connectivity index (χ3v) is 9.79. The smallest absolute Gasteiger partial charge is 0.407 e. The van der Waals surface area contributed by atoms with Crippen molar-refractivity contribution in [1.82, 2.24) is 35.5 Å². The van der Waals surface area contributed by atoms with Crippen LogP contribution in [0, 0.1) is 5.92 Å². The van der Waals surface area contributed by atoms with Gasteiger partial charge in [-0.15, -0.1) is 0 Å². The number of imidazole rings is 2. The van der Waals surface area contributed by atoms with E-state index >= 15 is 0 Å². The predicted octanol–water partition coefficient (Wildman–Crippen LogP) is 5.65. The fourth-order valence-corrected chi connectivity index (χ4v) is 6.95. The van der Waals surface area contributed by atoms with E-state index in [-0.39, 0.29) is 23.9 Å². The number of nitrogens with one attached hydrogen (secondary N) is 4. The van der Waals surface area contributed by atoms with Crippen LogP contribution in [0.15, 0.2) is 48.8 Å². The van der Waals surface area contributed by atoms with E-state index in [1.807, 2.05) is 32.2 Å². The summed E-state index contributed by atoms with van der Waals surface area (Å²) in [5.41, 5.74) is 5.27. The van der Waals surface area contributed by atoms with Crippen molar-refractivity contribution in [2.75, 3.05) is 60.8 Å². The monoisotopic (exact) mass is 729 g/mol. The van der Waals surface area contributed by atoms with Gasteiger partial charge in [-0.2, -0.15) is 0 Å². The highest BCUT2D eigenvalue weighted by Crippen LogP contribution is 2.42. The van der Waals surface area contributed by atoms with Crippen LogP contribution in [0.2, 0.25) is 0 Å². The standard InChI is InChI=1S/C39H51N7O7/c1-24(2)35(45-39(48)51-5)38(47)46-15-7-9-32(46)37-42-23-31(44-37)28-21-33(52-18-16-49-3)27(20-34(28)53-19-17-50-4)25-10-12-26(13-11-25)30-22-41-36(43-30)29-8-6-14-40-29/h10-13,20-24,29,32,35,40H,6-9,14-19H2,1-5H3,(H,41,43)(H,42,44)(H,45,48)/t29-,32-,35-/m0/s1. The number of aromatic nitrogens is 4. The first-order valence-corrected chi connectivity index (χ1v) is 18.3. The van der Waals surface area contributed by atoms with Gasteiger partial charge < -0.3 is 49.2 Å². The molecule has 284 valence electrons. The number of carbonyl (C=O) groups excluding carboxylic acids is 2. The van der Waals surface area contributed by atoms with Crippen LogP contribution in [0.3, 0.4) is 0 Å². The third-order valence-electron chi connectivity index (χ3n) is 9.79. The number of rotatable bonds is 16. The van der Waals surface area contributed by atoms with Crippen molar-refractivity contribution in [1.29, 1.82) is 0 Å². The summed E-state index contributed by atoms with van der Waals surface area (Å²) in [6, 6.07) is 11.5. The summed E-state index contributed by atoms with van der Waals surface area (Å²) in [5.74, 6) is 2.60. The molecule has 2 fully saturated rings. The minimum absolute atomic E-state index is 0.134. The highest BCUT2D eigenvalue weighted by molar-refractivity contribution is 5.86. The van der Waals surface area contributed by atoms with E-state index < -0.39 is 12.1 Å². The molecule has 0 bridgehead atoms. The molecule has 2 amide bonds. The van der Waals surface area contributed by atoms with E-state index in [1.54, 1.807) is 25.3 Å². The Morgan fingerprint density at radius 2 is 1.47 bits per heavy atom. The van der Waals surface area contributed by atoms with Gasteiger partial charge in [0.05, 0.1) is 56.2 Å². The van der Waals surface area contributed by atoms with Crippen molar-refractivity contribution in [3.8, 4) is 45.1 Å². The summed E-state index contributed by atoms with van der Waals surface area (Å²) in [6.07, 6.45) is 6.78. The van der Waals surface area contributed by atoms with Crippen molar-refractivity contribution in [2.45, 2.75) is 57.7 Å². The minimum atomic E-state index is -0.724. The lowest BCUT2D eigenvalue weighted by Crippen LogP contribution is -2.51.